The summed E-state index contributed by atoms with van der Waals surface area (Å²) in [4.78, 5) is 2.41. The van der Waals surface area contributed by atoms with Crippen molar-refractivity contribution in [1.82, 2.24) is 0 Å². The second kappa shape index (κ2) is 10.8. The van der Waals surface area contributed by atoms with Crippen LogP contribution in [0.15, 0.2) is 180 Å². The summed E-state index contributed by atoms with van der Waals surface area (Å²) in [5.74, 6) is 0. The third kappa shape index (κ3) is 4.35. The molecule has 0 bridgehead atoms. The average Bonchev–Trinajstić information content (AvgIpc) is 3.52. The Morgan fingerprint density at radius 3 is 1.96 bits per heavy atom. The van der Waals surface area contributed by atoms with Crippen LogP contribution >= 0.6 is 0 Å². The van der Waals surface area contributed by atoms with Crippen LogP contribution in [0, 0.1) is 0 Å². The van der Waals surface area contributed by atoms with Gasteiger partial charge in [0, 0.05) is 27.4 Å². The molecule has 0 spiro atoms. The van der Waals surface area contributed by atoms with E-state index in [0.29, 0.717) is 0 Å². The number of anilines is 3. The molecule has 0 amide bonds. The normalized spacial score (nSPS) is 11.5. The molecule has 1 aromatic heterocycles. The third-order valence-electron chi connectivity index (χ3n) is 9.06. The minimum absolute atomic E-state index is 0.904. The van der Waals surface area contributed by atoms with Crippen molar-refractivity contribution in [3.05, 3.63) is 176 Å². The third-order valence-corrected chi connectivity index (χ3v) is 9.06. The summed E-state index contributed by atoms with van der Waals surface area (Å²) in [6.45, 7) is 0. The standard InChI is InChI=1S/C44H29NO/c1-2-12-32(13-3-1)36-15-6-8-18-40(36)45(35-25-23-31(24-26-35)34-22-21-30-11-4-5-14-33(30)29-34)41-19-10-17-38-37(41)27-28-43-44(38)39-16-7-9-20-42(39)46-43/h1-29H. The fraction of sp³-hybridized carbons (Fsp3) is 0. The molecule has 9 rings (SSSR count). The molecule has 0 N–H and O–H groups in total. The molecule has 0 unspecified atom stereocenters. The first kappa shape index (κ1) is 26.3. The first-order valence-electron chi connectivity index (χ1n) is 15.7. The molecule has 0 saturated carbocycles. The zero-order valence-corrected chi connectivity index (χ0v) is 25.1. The lowest BCUT2D eigenvalue weighted by molar-refractivity contribution is 0.669. The summed E-state index contributed by atoms with van der Waals surface area (Å²) in [7, 11) is 0. The Hall–Kier alpha value is -6.12. The van der Waals surface area contributed by atoms with Crippen LogP contribution in [0.25, 0.3) is 65.7 Å². The van der Waals surface area contributed by atoms with Gasteiger partial charge in [0.1, 0.15) is 11.2 Å². The van der Waals surface area contributed by atoms with Crippen LogP contribution in [0.1, 0.15) is 0 Å². The first-order valence-corrected chi connectivity index (χ1v) is 15.7. The molecule has 0 aliphatic heterocycles. The lowest BCUT2D eigenvalue weighted by Gasteiger charge is -2.29. The molecule has 0 aliphatic rings. The summed E-state index contributed by atoms with van der Waals surface area (Å²) in [6, 6.07) is 62.8. The fourth-order valence-electron chi connectivity index (χ4n) is 6.87. The second-order valence-corrected chi connectivity index (χ2v) is 11.7. The van der Waals surface area contributed by atoms with E-state index in [1.165, 1.54) is 43.8 Å². The Balaban J connectivity index is 1.26. The molecule has 8 aromatic carbocycles. The first-order chi connectivity index (χ1) is 22.8. The fourth-order valence-corrected chi connectivity index (χ4v) is 6.87. The topological polar surface area (TPSA) is 16.4 Å². The van der Waals surface area contributed by atoms with Gasteiger partial charge in [-0.2, -0.15) is 0 Å². The molecule has 2 nitrogen and oxygen atoms in total. The van der Waals surface area contributed by atoms with E-state index in [0.717, 1.165) is 39.0 Å². The molecule has 0 saturated heterocycles. The van der Waals surface area contributed by atoms with E-state index in [1.54, 1.807) is 0 Å². The van der Waals surface area contributed by atoms with E-state index < -0.39 is 0 Å². The molecule has 0 atom stereocenters. The van der Waals surface area contributed by atoms with Crippen LogP contribution in [-0.2, 0) is 0 Å². The number of rotatable bonds is 5. The van der Waals surface area contributed by atoms with E-state index in [9.17, 15) is 0 Å². The Morgan fingerprint density at radius 2 is 1.07 bits per heavy atom. The molecular weight excluding hydrogens is 558 g/mol. The Bertz CT molecular complexity index is 2530. The number of hydrogen-bond donors (Lipinski definition) is 0. The largest absolute Gasteiger partial charge is 0.456 e. The van der Waals surface area contributed by atoms with Gasteiger partial charge >= 0.3 is 0 Å². The lowest BCUT2D eigenvalue weighted by atomic mass is 9.98. The number of hydrogen-bond acceptors (Lipinski definition) is 2. The van der Waals surface area contributed by atoms with Crippen molar-refractivity contribution < 1.29 is 4.42 Å². The van der Waals surface area contributed by atoms with Crippen molar-refractivity contribution >= 4 is 60.5 Å². The maximum Gasteiger partial charge on any atom is 0.136 e. The zero-order valence-electron chi connectivity index (χ0n) is 25.1. The minimum Gasteiger partial charge on any atom is -0.456 e. The van der Waals surface area contributed by atoms with Gasteiger partial charge in [0.15, 0.2) is 0 Å². The monoisotopic (exact) mass is 587 g/mol. The van der Waals surface area contributed by atoms with Gasteiger partial charge in [0.2, 0.25) is 0 Å². The summed E-state index contributed by atoms with van der Waals surface area (Å²) in [5, 5.41) is 7.13. The van der Waals surface area contributed by atoms with E-state index in [1.807, 2.05) is 12.1 Å². The molecule has 2 heteroatoms. The number of benzene rings is 8. The van der Waals surface area contributed by atoms with Crippen molar-refractivity contribution in [2.75, 3.05) is 4.90 Å². The Labute approximate surface area is 267 Å². The van der Waals surface area contributed by atoms with E-state index in [4.69, 9.17) is 4.42 Å². The number of fused-ring (bicyclic) bond motifs is 6. The zero-order chi connectivity index (χ0) is 30.5. The van der Waals surface area contributed by atoms with Crippen LogP contribution in [0.2, 0.25) is 0 Å². The van der Waals surface area contributed by atoms with Crippen molar-refractivity contribution in [2.24, 2.45) is 0 Å². The quantitative estimate of drug-likeness (QED) is 0.199. The van der Waals surface area contributed by atoms with Crippen molar-refractivity contribution in [3.63, 3.8) is 0 Å². The van der Waals surface area contributed by atoms with Gasteiger partial charge in [-0.05, 0) is 81.4 Å². The van der Waals surface area contributed by atoms with Crippen LogP contribution in [0.4, 0.5) is 17.1 Å². The van der Waals surface area contributed by atoms with Gasteiger partial charge in [0.25, 0.3) is 0 Å². The number of para-hydroxylation sites is 2. The van der Waals surface area contributed by atoms with Gasteiger partial charge in [-0.25, -0.2) is 0 Å². The highest BCUT2D eigenvalue weighted by molar-refractivity contribution is 6.21. The predicted molar refractivity (Wildman–Crippen MR) is 194 cm³/mol. The van der Waals surface area contributed by atoms with Crippen LogP contribution in [0.3, 0.4) is 0 Å². The molecule has 0 fully saturated rings. The highest BCUT2D eigenvalue weighted by atomic mass is 16.3. The maximum absolute atomic E-state index is 6.28. The molecule has 1 heterocycles. The molecule has 46 heavy (non-hydrogen) atoms. The summed E-state index contributed by atoms with van der Waals surface area (Å²) in [5.41, 5.74) is 9.90. The Kier molecular flexibility index (Phi) is 6.17. The van der Waals surface area contributed by atoms with Crippen molar-refractivity contribution in [1.29, 1.82) is 0 Å². The summed E-state index contributed by atoms with van der Waals surface area (Å²) >= 11 is 0. The van der Waals surface area contributed by atoms with Gasteiger partial charge in [0.05, 0.1) is 11.4 Å². The molecule has 0 aliphatic carbocycles. The summed E-state index contributed by atoms with van der Waals surface area (Å²) < 4.78 is 6.28. The second-order valence-electron chi connectivity index (χ2n) is 11.7. The van der Waals surface area contributed by atoms with E-state index in [2.05, 4.69) is 169 Å². The SMILES string of the molecule is c1ccc(-c2ccccc2N(c2ccc(-c3ccc4ccccc4c3)cc2)c2cccc3c2ccc2oc4ccccc4c23)cc1. The highest BCUT2D eigenvalue weighted by Crippen LogP contribution is 2.45. The smallest absolute Gasteiger partial charge is 0.136 e. The van der Waals surface area contributed by atoms with Crippen molar-refractivity contribution in [2.45, 2.75) is 0 Å². The average molecular weight is 588 g/mol. The molecule has 0 radical (unpaired) electrons. The van der Waals surface area contributed by atoms with Crippen LogP contribution in [-0.4, -0.2) is 0 Å². The van der Waals surface area contributed by atoms with Gasteiger partial charge < -0.3 is 9.32 Å². The van der Waals surface area contributed by atoms with Crippen LogP contribution in [0.5, 0.6) is 0 Å². The Morgan fingerprint density at radius 1 is 0.370 bits per heavy atom. The highest BCUT2D eigenvalue weighted by Gasteiger charge is 2.21. The van der Waals surface area contributed by atoms with Crippen molar-refractivity contribution in [3.8, 4) is 22.3 Å². The molecular formula is C44H29NO. The van der Waals surface area contributed by atoms with Crippen LogP contribution < -0.4 is 4.90 Å². The lowest BCUT2D eigenvalue weighted by Crippen LogP contribution is -2.11. The minimum atomic E-state index is 0.904. The van der Waals surface area contributed by atoms with E-state index >= 15 is 0 Å². The number of nitrogens with zero attached hydrogens (tertiary/aromatic N) is 1. The molecule has 9 aromatic rings. The van der Waals surface area contributed by atoms with E-state index in [-0.39, 0.29) is 0 Å². The number of furan rings is 1. The summed E-state index contributed by atoms with van der Waals surface area (Å²) in [6.07, 6.45) is 0. The predicted octanol–water partition coefficient (Wildman–Crippen LogP) is 12.7. The van der Waals surface area contributed by atoms with Gasteiger partial charge in [-0.1, -0.05) is 127 Å². The molecule has 216 valence electrons. The van der Waals surface area contributed by atoms with Gasteiger partial charge in [-0.3, -0.25) is 0 Å². The van der Waals surface area contributed by atoms with Gasteiger partial charge in [-0.15, -0.1) is 0 Å². The maximum atomic E-state index is 6.28.